The molecule has 19 heavy (non-hydrogen) atoms. The third-order valence-electron chi connectivity index (χ3n) is 3.37. The smallest absolute Gasteiger partial charge is 0.0842 e. The number of nitrogens with zero attached hydrogens (tertiary/aromatic N) is 4. The van der Waals surface area contributed by atoms with E-state index in [0.717, 1.165) is 35.4 Å². The summed E-state index contributed by atoms with van der Waals surface area (Å²) >= 11 is 3.65. The van der Waals surface area contributed by atoms with Gasteiger partial charge in [-0.15, -0.1) is 0 Å². The molecule has 0 radical (unpaired) electrons. The van der Waals surface area contributed by atoms with Crippen LogP contribution in [0.15, 0.2) is 10.7 Å². The van der Waals surface area contributed by atoms with Gasteiger partial charge in [-0.05, 0) is 36.3 Å². The molecule has 0 spiro atoms. The highest BCUT2D eigenvalue weighted by Gasteiger charge is 2.14. The molecule has 104 valence electrons. The van der Waals surface area contributed by atoms with Crippen molar-refractivity contribution in [3.05, 3.63) is 33.3 Å². The van der Waals surface area contributed by atoms with Crippen molar-refractivity contribution in [3.63, 3.8) is 0 Å². The maximum Gasteiger partial charge on any atom is 0.0842 e. The predicted octanol–water partition coefficient (Wildman–Crippen LogP) is 2.02. The second kappa shape index (κ2) is 5.88. The van der Waals surface area contributed by atoms with E-state index >= 15 is 0 Å². The number of aromatic nitrogens is 4. The first-order chi connectivity index (χ1) is 9.08. The largest absolute Gasteiger partial charge is 0.316 e. The highest BCUT2D eigenvalue weighted by atomic mass is 79.9. The Morgan fingerprint density at radius 1 is 1.42 bits per heavy atom. The maximum absolute atomic E-state index is 4.51. The van der Waals surface area contributed by atoms with Crippen LogP contribution in [-0.4, -0.2) is 26.6 Å². The average Bonchev–Trinajstić information content (AvgIpc) is 2.86. The molecular weight excluding hydrogens is 306 g/mol. The van der Waals surface area contributed by atoms with Crippen LogP contribution in [0, 0.1) is 6.92 Å². The minimum atomic E-state index is 0.736. The lowest BCUT2D eigenvalue weighted by Gasteiger charge is -2.07. The van der Waals surface area contributed by atoms with Crippen molar-refractivity contribution < 1.29 is 0 Å². The van der Waals surface area contributed by atoms with E-state index in [9.17, 15) is 0 Å². The molecule has 2 aromatic heterocycles. The lowest BCUT2D eigenvalue weighted by molar-refractivity contribution is 0.603. The van der Waals surface area contributed by atoms with Crippen LogP contribution in [0.25, 0.3) is 0 Å². The standard InChI is InChI=1S/C13H20BrN5/c1-5-11-13(14)12(18(4)17-11)8-19-9(2)10(6-15-3)7-16-19/h7,15H,5-6,8H2,1-4H3. The average molecular weight is 326 g/mol. The van der Waals surface area contributed by atoms with Gasteiger partial charge in [-0.3, -0.25) is 9.36 Å². The zero-order valence-corrected chi connectivity index (χ0v) is 13.5. The molecule has 0 aliphatic rings. The Morgan fingerprint density at radius 3 is 2.74 bits per heavy atom. The number of halogens is 1. The van der Waals surface area contributed by atoms with Gasteiger partial charge in [-0.25, -0.2) is 0 Å². The topological polar surface area (TPSA) is 47.7 Å². The van der Waals surface area contributed by atoms with Gasteiger partial charge in [-0.1, -0.05) is 6.92 Å². The van der Waals surface area contributed by atoms with Crippen LogP contribution in [0.4, 0.5) is 0 Å². The maximum atomic E-state index is 4.51. The van der Waals surface area contributed by atoms with Gasteiger partial charge in [0.15, 0.2) is 0 Å². The minimum Gasteiger partial charge on any atom is -0.316 e. The molecule has 1 N–H and O–H groups in total. The summed E-state index contributed by atoms with van der Waals surface area (Å²) in [4.78, 5) is 0. The van der Waals surface area contributed by atoms with Crippen LogP contribution >= 0.6 is 15.9 Å². The Hall–Kier alpha value is -1.14. The van der Waals surface area contributed by atoms with E-state index in [0.29, 0.717) is 0 Å². The highest BCUT2D eigenvalue weighted by molar-refractivity contribution is 9.10. The number of nitrogens with one attached hydrogen (secondary N) is 1. The number of rotatable bonds is 5. The molecule has 5 nitrogen and oxygen atoms in total. The fourth-order valence-electron chi connectivity index (χ4n) is 2.14. The van der Waals surface area contributed by atoms with E-state index < -0.39 is 0 Å². The fraction of sp³-hybridized carbons (Fsp3) is 0.538. The molecule has 0 unspecified atom stereocenters. The number of aryl methyl sites for hydroxylation is 2. The molecule has 2 aromatic rings. The van der Waals surface area contributed by atoms with E-state index in [1.54, 1.807) is 0 Å². The van der Waals surface area contributed by atoms with Gasteiger partial charge in [0.05, 0.1) is 28.6 Å². The molecule has 0 fully saturated rings. The molecule has 2 rings (SSSR count). The van der Waals surface area contributed by atoms with Gasteiger partial charge >= 0.3 is 0 Å². The highest BCUT2D eigenvalue weighted by Crippen LogP contribution is 2.23. The molecule has 6 heteroatoms. The number of hydrogen-bond donors (Lipinski definition) is 1. The van der Waals surface area contributed by atoms with Gasteiger partial charge in [0, 0.05) is 24.8 Å². The van der Waals surface area contributed by atoms with E-state index in [-0.39, 0.29) is 0 Å². The van der Waals surface area contributed by atoms with E-state index in [4.69, 9.17) is 0 Å². The van der Waals surface area contributed by atoms with Crippen LogP contribution in [0.3, 0.4) is 0 Å². The van der Waals surface area contributed by atoms with Crippen molar-refractivity contribution >= 4 is 15.9 Å². The SMILES string of the molecule is CCc1nn(C)c(Cn2ncc(CNC)c2C)c1Br. The molecule has 0 saturated carbocycles. The summed E-state index contributed by atoms with van der Waals surface area (Å²) < 4.78 is 5.05. The van der Waals surface area contributed by atoms with Gasteiger partial charge < -0.3 is 5.32 Å². The Balaban J connectivity index is 2.29. The van der Waals surface area contributed by atoms with Gasteiger partial charge in [0.1, 0.15) is 0 Å². The minimum absolute atomic E-state index is 0.736. The second-order valence-corrected chi connectivity index (χ2v) is 5.42. The zero-order chi connectivity index (χ0) is 14.0. The first-order valence-electron chi connectivity index (χ1n) is 6.44. The summed E-state index contributed by atoms with van der Waals surface area (Å²) in [7, 11) is 3.93. The normalized spacial score (nSPS) is 11.2. The van der Waals surface area contributed by atoms with Crippen molar-refractivity contribution in [2.45, 2.75) is 33.4 Å². The van der Waals surface area contributed by atoms with E-state index in [1.807, 2.05) is 29.7 Å². The molecule has 0 atom stereocenters. The summed E-state index contributed by atoms with van der Waals surface area (Å²) in [6.45, 7) is 5.80. The molecule has 0 aromatic carbocycles. The third-order valence-corrected chi connectivity index (χ3v) is 4.29. The molecule has 0 amide bonds. The molecule has 0 saturated heterocycles. The zero-order valence-electron chi connectivity index (χ0n) is 11.9. The summed E-state index contributed by atoms with van der Waals surface area (Å²) in [5.41, 5.74) is 4.67. The summed E-state index contributed by atoms with van der Waals surface area (Å²) in [5, 5.41) is 12.1. The molecule has 0 aliphatic heterocycles. The Bertz CT molecular complexity index is 570. The van der Waals surface area contributed by atoms with Gasteiger partial charge in [0.2, 0.25) is 0 Å². The quantitative estimate of drug-likeness (QED) is 0.914. The van der Waals surface area contributed by atoms with Crippen LogP contribution in [0.2, 0.25) is 0 Å². The predicted molar refractivity (Wildman–Crippen MR) is 79.1 cm³/mol. The van der Waals surface area contributed by atoms with Crippen LogP contribution < -0.4 is 5.32 Å². The van der Waals surface area contributed by atoms with Crippen molar-refractivity contribution in [1.82, 2.24) is 24.9 Å². The van der Waals surface area contributed by atoms with E-state index in [2.05, 4.69) is 45.3 Å². The van der Waals surface area contributed by atoms with Crippen LogP contribution in [0.5, 0.6) is 0 Å². The number of hydrogen-bond acceptors (Lipinski definition) is 3. The van der Waals surface area contributed by atoms with Crippen molar-refractivity contribution in [2.24, 2.45) is 7.05 Å². The monoisotopic (exact) mass is 325 g/mol. The van der Waals surface area contributed by atoms with E-state index in [1.165, 1.54) is 11.3 Å². The van der Waals surface area contributed by atoms with Crippen molar-refractivity contribution in [1.29, 1.82) is 0 Å². The lowest BCUT2D eigenvalue weighted by atomic mass is 10.2. The van der Waals surface area contributed by atoms with Crippen LogP contribution in [-0.2, 0) is 26.6 Å². The third kappa shape index (κ3) is 2.74. The van der Waals surface area contributed by atoms with Crippen molar-refractivity contribution in [3.8, 4) is 0 Å². The summed E-state index contributed by atoms with van der Waals surface area (Å²) in [5.74, 6) is 0. The van der Waals surface area contributed by atoms with Crippen molar-refractivity contribution in [2.75, 3.05) is 7.05 Å². The van der Waals surface area contributed by atoms with Crippen LogP contribution in [0.1, 0.15) is 29.6 Å². The molecule has 0 aliphatic carbocycles. The Kier molecular flexibility index (Phi) is 4.42. The summed E-state index contributed by atoms with van der Waals surface area (Å²) in [6, 6.07) is 0. The fourth-order valence-corrected chi connectivity index (χ4v) is 2.88. The van der Waals surface area contributed by atoms with Gasteiger partial charge in [-0.2, -0.15) is 10.2 Å². The Labute approximate surface area is 122 Å². The first kappa shape index (κ1) is 14.3. The first-order valence-corrected chi connectivity index (χ1v) is 7.23. The van der Waals surface area contributed by atoms with Gasteiger partial charge in [0.25, 0.3) is 0 Å². The lowest BCUT2D eigenvalue weighted by Crippen LogP contribution is -2.10. The Morgan fingerprint density at radius 2 is 2.16 bits per heavy atom. The molecule has 0 bridgehead atoms. The summed E-state index contributed by atoms with van der Waals surface area (Å²) in [6.07, 6.45) is 2.86. The molecule has 2 heterocycles. The second-order valence-electron chi connectivity index (χ2n) is 4.63. The molecular formula is C13H20BrN5.